The lowest BCUT2D eigenvalue weighted by Gasteiger charge is -2.13. The van der Waals surface area contributed by atoms with Crippen LogP contribution >= 0.6 is 11.6 Å². The number of para-hydroxylation sites is 1. The van der Waals surface area contributed by atoms with Gasteiger partial charge in [0.25, 0.3) is 5.69 Å². The first-order valence-electron chi connectivity index (χ1n) is 11.6. The Kier molecular flexibility index (Phi) is 7.01. The van der Waals surface area contributed by atoms with Crippen molar-refractivity contribution in [2.75, 3.05) is 5.43 Å². The molecule has 0 saturated heterocycles. The second kappa shape index (κ2) is 10.8. The SMILES string of the molecule is O=[N+]([O-])c1ccc(-c2cccc(-c3ccccc3)c2N=NNc2ccccc2-c2ccccc2)c(Cl)c1. The van der Waals surface area contributed by atoms with Gasteiger partial charge in [-0.1, -0.05) is 114 Å². The third-order valence-electron chi connectivity index (χ3n) is 5.91. The minimum Gasteiger partial charge on any atom is -0.259 e. The summed E-state index contributed by atoms with van der Waals surface area (Å²) in [5.41, 5.74) is 9.63. The Hall–Kier alpha value is -4.81. The third-order valence-corrected chi connectivity index (χ3v) is 6.22. The third kappa shape index (κ3) is 5.24. The van der Waals surface area contributed by atoms with Crippen molar-refractivity contribution in [3.05, 3.63) is 136 Å². The van der Waals surface area contributed by atoms with E-state index in [1.165, 1.54) is 12.1 Å². The highest BCUT2D eigenvalue weighted by Gasteiger charge is 2.17. The molecule has 1 N–H and O–H groups in total. The maximum atomic E-state index is 11.2. The van der Waals surface area contributed by atoms with Crippen LogP contribution in [0.15, 0.2) is 132 Å². The number of hydrogen-bond acceptors (Lipinski definition) is 4. The van der Waals surface area contributed by atoms with Crippen LogP contribution in [0.1, 0.15) is 0 Å². The molecule has 5 aromatic rings. The van der Waals surface area contributed by atoms with E-state index in [1.54, 1.807) is 6.07 Å². The standard InChI is InChI=1S/C30H21ClN4O2/c31-28-20-23(35(36)37)18-19-26(28)27-16-9-15-25(22-12-5-2-6-13-22)30(27)33-34-32-29-17-8-7-14-24(29)21-10-3-1-4-11-21/h1-20H,(H,32,33). The van der Waals surface area contributed by atoms with Crippen molar-refractivity contribution in [3.8, 4) is 33.4 Å². The van der Waals surface area contributed by atoms with Crippen LogP contribution in [0.4, 0.5) is 17.1 Å². The number of hydrogen-bond donors (Lipinski definition) is 1. The number of nitro groups is 1. The zero-order valence-corrected chi connectivity index (χ0v) is 20.3. The molecule has 7 heteroatoms. The summed E-state index contributed by atoms with van der Waals surface area (Å²) in [6.45, 7) is 0. The molecule has 180 valence electrons. The molecule has 0 spiro atoms. The Morgan fingerprint density at radius 3 is 1.92 bits per heavy atom. The highest BCUT2D eigenvalue weighted by Crippen LogP contribution is 2.42. The van der Waals surface area contributed by atoms with Gasteiger partial charge in [-0.15, -0.1) is 5.11 Å². The van der Waals surface area contributed by atoms with Crippen LogP contribution in [0.25, 0.3) is 33.4 Å². The van der Waals surface area contributed by atoms with Crippen molar-refractivity contribution in [1.29, 1.82) is 0 Å². The van der Waals surface area contributed by atoms with E-state index < -0.39 is 4.92 Å². The summed E-state index contributed by atoms with van der Waals surface area (Å²) in [5, 5.41) is 20.5. The molecule has 0 aliphatic rings. The van der Waals surface area contributed by atoms with Crippen LogP contribution in [0.3, 0.4) is 0 Å². The number of rotatable bonds is 7. The van der Waals surface area contributed by atoms with Gasteiger partial charge in [0.05, 0.1) is 15.6 Å². The summed E-state index contributed by atoms with van der Waals surface area (Å²) in [6, 6.07) is 37.9. The van der Waals surface area contributed by atoms with Crippen LogP contribution in [-0.4, -0.2) is 4.92 Å². The first-order chi connectivity index (χ1) is 18.1. The molecule has 0 unspecified atom stereocenters. The van der Waals surface area contributed by atoms with E-state index in [1.807, 2.05) is 103 Å². The molecule has 37 heavy (non-hydrogen) atoms. The Bertz CT molecular complexity index is 1590. The van der Waals surface area contributed by atoms with Gasteiger partial charge >= 0.3 is 0 Å². The lowest BCUT2D eigenvalue weighted by atomic mass is 9.96. The number of anilines is 1. The second-order valence-electron chi connectivity index (χ2n) is 8.21. The molecule has 0 saturated carbocycles. The number of non-ortho nitro benzene ring substituents is 1. The predicted octanol–water partition coefficient (Wildman–Crippen LogP) is 9.36. The molecular weight excluding hydrogens is 484 g/mol. The molecule has 0 atom stereocenters. The van der Waals surface area contributed by atoms with Crippen LogP contribution in [0.2, 0.25) is 5.02 Å². The summed E-state index contributed by atoms with van der Waals surface area (Å²) in [7, 11) is 0. The average Bonchev–Trinajstić information content (AvgIpc) is 2.94. The minimum absolute atomic E-state index is 0.0738. The smallest absolute Gasteiger partial charge is 0.259 e. The highest BCUT2D eigenvalue weighted by molar-refractivity contribution is 6.33. The maximum absolute atomic E-state index is 11.2. The van der Waals surface area contributed by atoms with Gasteiger partial charge in [-0.05, 0) is 23.3 Å². The maximum Gasteiger partial charge on any atom is 0.270 e. The van der Waals surface area contributed by atoms with Gasteiger partial charge in [-0.25, -0.2) is 0 Å². The van der Waals surface area contributed by atoms with E-state index in [0.29, 0.717) is 16.8 Å². The fraction of sp³-hybridized carbons (Fsp3) is 0. The summed E-state index contributed by atoms with van der Waals surface area (Å²) in [6.07, 6.45) is 0. The largest absolute Gasteiger partial charge is 0.270 e. The zero-order chi connectivity index (χ0) is 25.6. The molecule has 0 heterocycles. The Morgan fingerprint density at radius 2 is 1.24 bits per heavy atom. The molecule has 0 fully saturated rings. The van der Waals surface area contributed by atoms with Crippen LogP contribution in [-0.2, 0) is 0 Å². The monoisotopic (exact) mass is 504 g/mol. The van der Waals surface area contributed by atoms with Crippen molar-refractivity contribution < 1.29 is 4.92 Å². The minimum atomic E-state index is -0.467. The van der Waals surface area contributed by atoms with Gasteiger partial charge in [0.2, 0.25) is 0 Å². The van der Waals surface area contributed by atoms with Gasteiger partial charge in [-0.3, -0.25) is 15.5 Å². The van der Waals surface area contributed by atoms with E-state index in [2.05, 4.69) is 15.8 Å². The number of nitro benzene ring substituents is 1. The van der Waals surface area contributed by atoms with Crippen LogP contribution < -0.4 is 5.43 Å². The molecule has 6 nitrogen and oxygen atoms in total. The average molecular weight is 505 g/mol. The summed E-state index contributed by atoms with van der Waals surface area (Å²) in [4.78, 5) is 10.8. The number of halogens is 1. The summed E-state index contributed by atoms with van der Waals surface area (Å²) < 4.78 is 0. The van der Waals surface area contributed by atoms with E-state index in [0.717, 1.165) is 27.9 Å². The Morgan fingerprint density at radius 1 is 0.649 bits per heavy atom. The fourth-order valence-electron chi connectivity index (χ4n) is 4.13. The van der Waals surface area contributed by atoms with Gasteiger partial charge in [-0.2, -0.15) is 0 Å². The first-order valence-corrected chi connectivity index (χ1v) is 11.9. The normalized spacial score (nSPS) is 10.9. The van der Waals surface area contributed by atoms with Crippen molar-refractivity contribution in [2.45, 2.75) is 0 Å². The van der Waals surface area contributed by atoms with Gasteiger partial charge in [0.15, 0.2) is 0 Å². The quantitative estimate of drug-likeness (QED) is 0.136. The van der Waals surface area contributed by atoms with Crippen molar-refractivity contribution in [3.63, 3.8) is 0 Å². The van der Waals surface area contributed by atoms with E-state index in [9.17, 15) is 10.1 Å². The van der Waals surface area contributed by atoms with Crippen LogP contribution in [0, 0.1) is 10.1 Å². The fourth-order valence-corrected chi connectivity index (χ4v) is 4.41. The zero-order valence-electron chi connectivity index (χ0n) is 19.6. The molecular formula is C30H21ClN4O2. The molecule has 0 aliphatic carbocycles. The lowest BCUT2D eigenvalue weighted by Crippen LogP contribution is -1.92. The van der Waals surface area contributed by atoms with Crippen molar-refractivity contribution in [2.24, 2.45) is 10.3 Å². The van der Waals surface area contributed by atoms with Crippen molar-refractivity contribution >= 4 is 28.7 Å². The van der Waals surface area contributed by atoms with Gasteiger partial charge in [0, 0.05) is 34.4 Å². The predicted molar refractivity (Wildman–Crippen MR) is 149 cm³/mol. The Labute approximate surface area is 219 Å². The van der Waals surface area contributed by atoms with Crippen molar-refractivity contribution in [1.82, 2.24) is 0 Å². The number of nitrogens with zero attached hydrogens (tertiary/aromatic N) is 3. The number of nitrogens with one attached hydrogen (secondary N) is 1. The molecule has 0 bridgehead atoms. The van der Waals surface area contributed by atoms with Gasteiger partial charge < -0.3 is 0 Å². The second-order valence-corrected chi connectivity index (χ2v) is 8.62. The molecule has 0 radical (unpaired) electrons. The molecule has 0 aromatic heterocycles. The van der Waals surface area contributed by atoms with Gasteiger partial charge in [0.1, 0.15) is 5.69 Å². The van der Waals surface area contributed by atoms with E-state index >= 15 is 0 Å². The van der Waals surface area contributed by atoms with E-state index in [-0.39, 0.29) is 10.7 Å². The lowest BCUT2D eigenvalue weighted by molar-refractivity contribution is -0.384. The highest BCUT2D eigenvalue weighted by atomic mass is 35.5. The molecule has 5 aromatic carbocycles. The number of benzene rings is 5. The Balaban J connectivity index is 1.58. The first kappa shape index (κ1) is 23.9. The van der Waals surface area contributed by atoms with Crippen LogP contribution in [0.5, 0.6) is 0 Å². The topological polar surface area (TPSA) is 79.9 Å². The molecule has 0 amide bonds. The van der Waals surface area contributed by atoms with E-state index in [4.69, 9.17) is 11.6 Å². The molecule has 5 rings (SSSR count). The summed E-state index contributed by atoms with van der Waals surface area (Å²) in [5.74, 6) is 0. The summed E-state index contributed by atoms with van der Waals surface area (Å²) >= 11 is 6.50. The molecule has 0 aliphatic heterocycles.